The van der Waals surface area contributed by atoms with Crippen molar-refractivity contribution in [3.05, 3.63) is 24.3 Å². The normalized spacial score (nSPS) is 12.1. The number of unbranched alkanes of at least 4 members (excludes halogenated alkanes) is 8. The van der Waals surface area contributed by atoms with E-state index in [0.717, 1.165) is 25.7 Å². The van der Waals surface area contributed by atoms with E-state index in [0.29, 0.717) is 32.1 Å². The van der Waals surface area contributed by atoms with Crippen molar-refractivity contribution in [2.24, 2.45) is 0 Å². The smallest absolute Gasteiger partial charge is 0.395 e. The molecule has 29 heavy (non-hydrogen) atoms. The quantitative estimate of drug-likeness (QED) is 0.126. The molecule has 0 aliphatic carbocycles. The minimum Gasteiger partial charge on any atom is -0.395 e. The Kier molecular flexibility index (Phi) is 22.4. The van der Waals surface area contributed by atoms with Crippen LogP contribution in [0.15, 0.2) is 24.3 Å². The second kappa shape index (κ2) is 23.3. The fraction of sp³-hybridized carbons (Fsp3) is 0.783. The highest BCUT2D eigenvalue weighted by molar-refractivity contribution is 7.42. The van der Waals surface area contributed by atoms with E-state index >= 15 is 0 Å². The molecule has 1 unspecified atom stereocenters. The van der Waals surface area contributed by atoms with E-state index in [4.69, 9.17) is 5.11 Å². The van der Waals surface area contributed by atoms with Gasteiger partial charge in [0.15, 0.2) is 6.16 Å². The summed E-state index contributed by atoms with van der Waals surface area (Å²) in [7, 11) is -1.47. The van der Waals surface area contributed by atoms with Gasteiger partial charge in [-0.05, 0) is 38.5 Å². The Morgan fingerprint density at radius 3 is 2.21 bits per heavy atom. The van der Waals surface area contributed by atoms with Crippen molar-refractivity contribution < 1.29 is 14.5 Å². The highest BCUT2D eigenvalue weighted by atomic mass is 31.1. The van der Waals surface area contributed by atoms with Crippen LogP contribution in [0.1, 0.15) is 90.4 Å². The second-order valence-electron chi connectivity index (χ2n) is 7.42. The van der Waals surface area contributed by atoms with Crippen molar-refractivity contribution >= 4 is 13.9 Å². The fourth-order valence-electron chi connectivity index (χ4n) is 2.89. The molecule has 0 saturated heterocycles. The van der Waals surface area contributed by atoms with Crippen LogP contribution in [0.25, 0.3) is 0 Å². The van der Waals surface area contributed by atoms with Gasteiger partial charge in [0.2, 0.25) is 5.91 Å². The molecule has 0 aliphatic heterocycles. The number of carbonyl (C=O) groups is 1. The van der Waals surface area contributed by atoms with Crippen LogP contribution in [0.4, 0.5) is 0 Å². The average Bonchev–Trinajstić information content (AvgIpc) is 2.72. The minimum absolute atomic E-state index is 0.00857. The van der Waals surface area contributed by atoms with Gasteiger partial charge in [-0.2, -0.15) is 0 Å². The summed E-state index contributed by atoms with van der Waals surface area (Å²) in [6.07, 6.45) is 24.0. The molecule has 168 valence electrons. The molecule has 1 amide bonds. The highest BCUT2D eigenvalue weighted by Gasteiger charge is 2.13. The number of rotatable bonds is 21. The van der Waals surface area contributed by atoms with E-state index in [-0.39, 0.29) is 12.5 Å². The molecule has 0 radical (unpaired) electrons. The van der Waals surface area contributed by atoms with Gasteiger partial charge in [0.05, 0.1) is 13.2 Å². The third-order valence-corrected chi connectivity index (χ3v) is 5.91. The number of nitrogens with one attached hydrogen (secondary N) is 2. The van der Waals surface area contributed by atoms with Crippen molar-refractivity contribution in [3.8, 4) is 0 Å². The van der Waals surface area contributed by atoms with Crippen molar-refractivity contribution in [1.29, 1.82) is 0 Å². The van der Waals surface area contributed by atoms with E-state index in [2.05, 4.69) is 41.6 Å². The van der Waals surface area contributed by atoms with Gasteiger partial charge in [-0.25, -0.2) is 0 Å². The summed E-state index contributed by atoms with van der Waals surface area (Å²) in [6, 6.07) is 0. The predicted molar refractivity (Wildman–Crippen MR) is 125 cm³/mol. The van der Waals surface area contributed by atoms with Crippen LogP contribution >= 0.6 is 7.95 Å². The lowest BCUT2D eigenvalue weighted by Gasteiger charge is -2.03. The molecule has 0 aliphatic rings. The third-order valence-electron chi connectivity index (χ3n) is 4.61. The van der Waals surface area contributed by atoms with Crippen LogP contribution in [0.3, 0.4) is 0 Å². The summed E-state index contributed by atoms with van der Waals surface area (Å²) in [6.45, 7) is 3.15. The molecule has 0 bridgehead atoms. The highest BCUT2D eigenvalue weighted by Crippen LogP contribution is 2.14. The molecule has 0 fully saturated rings. The van der Waals surface area contributed by atoms with Crippen molar-refractivity contribution in [2.45, 2.75) is 90.4 Å². The van der Waals surface area contributed by atoms with Crippen LogP contribution < -0.4 is 10.4 Å². The predicted octanol–water partition coefficient (Wildman–Crippen LogP) is 5.63. The molecule has 3 N–H and O–H groups in total. The first-order valence-electron chi connectivity index (χ1n) is 11.6. The Morgan fingerprint density at radius 2 is 1.52 bits per heavy atom. The minimum atomic E-state index is -1.47. The second-order valence-corrected chi connectivity index (χ2v) is 8.94. The topological polar surface area (TPSA) is 78.4 Å². The zero-order valence-electron chi connectivity index (χ0n) is 18.5. The molecule has 0 aromatic rings. The molecular formula is C23H44N2O3P+. The Hall–Kier alpha value is -1.03. The first-order chi connectivity index (χ1) is 14.2. The lowest BCUT2D eigenvalue weighted by molar-refractivity contribution is -0.121. The molecule has 5 nitrogen and oxygen atoms in total. The molecular weight excluding hydrogens is 383 g/mol. The maximum absolute atomic E-state index is 11.7. The summed E-state index contributed by atoms with van der Waals surface area (Å²) in [5.74, 6) is 0.0919. The number of carbonyl (C=O) groups excluding carboxylic acids is 1. The number of allylic oxidation sites excluding steroid dienone is 4. The molecule has 1 atom stereocenters. The van der Waals surface area contributed by atoms with Crippen LogP contribution in [0, 0.1) is 0 Å². The first-order valence-corrected chi connectivity index (χ1v) is 13.0. The van der Waals surface area contributed by atoms with Gasteiger partial charge in [-0.15, -0.1) is 5.09 Å². The molecule has 0 spiro atoms. The van der Waals surface area contributed by atoms with E-state index in [1.54, 1.807) is 0 Å². The summed E-state index contributed by atoms with van der Waals surface area (Å²) in [5, 5.41) is 14.3. The summed E-state index contributed by atoms with van der Waals surface area (Å²) in [5.41, 5.74) is 0. The molecule has 0 rings (SSSR count). The number of hydrogen-bond donors (Lipinski definition) is 3. The molecule has 0 heterocycles. The van der Waals surface area contributed by atoms with Gasteiger partial charge >= 0.3 is 7.95 Å². The Bertz CT molecular complexity index is 453. The van der Waals surface area contributed by atoms with Gasteiger partial charge in [-0.1, -0.05) is 67.9 Å². The maximum Gasteiger partial charge on any atom is 0.432 e. The lowest BCUT2D eigenvalue weighted by Crippen LogP contribution is -2.24. The average molecular weight is 428 g/mol. The van der Waals surface area contributed by atoms with Crippen LogP contribution in [0.2, 0.25) is 0 Å². The lowest BCUT2D eigenvalue weighted by atomic mass is 10.1. The van der Waals surface area contributed by atoms with Crippen LogP contribution in [-0.4, -0.2) is 36.9 Å². The number of aliphatic hydroxyl groups is 1. The van der Waals surface area contributed by atoms with E-state index < -0.39 is 7.95 Å². The van der Waals surface area contributed by atoms with Gasteiger partial charge in [0.25, 0.3) is 0 Å². The van der Waals surface area contributed by atoms with Crippen LogP contribution in [-0.2, 0) is 9.36 Å². The molecule has 0 aromatic heterocycles. The fourth-order valence-corrected chi connectivity index (χ4v) is 3.84. The van der Waals surface area contributed by atoms with Crippen molar-refractivity contribution in [2.75, 3.05) is 25.9 Å². The summed E-state index contributed by atoms with van der Waals surface area (Å²) < 4.78 is 11.5. The number of aliphatic hydroxyl groups excluding tert-OH is 1. The third kappa shape index (κ3) is 23.1. The van der Waals surface area contributed by atoms with E-state index in [1.807, 2.05) is 0 Å². The number of hydrogen-bond acceptors (Lipinski definition) is 3. The molecule has 0 saturated carbocycles. The SMILES string of the molecule is CCCCCC=CCC=CCCCCCCCC(=O)NCCC[P+](=O)NCCO. The zero-order chi connectivity index (χ0) is 21.4. The summed E-state index contributed by atoms with van der Waals surface area (Å²) >= 11 is 0. The van der Waals surface area contributed by atoms with Gasteiger partial charge in [0.1, 0.15) is 0 Å². The first kappa shape index (κ1) is 28.0. The van der Waals surface area contributed by atoms with E-state index in [1.165, 1.54) is 44.9 Å². The van der Waals surface area contributed by atoms with E-state index in [9.17, 15) is 9.36 Å². The Balaban J connectivity index is 3.34. The number of amides is 1. The molecule has 0 aromatic carbocycles. The van der Waals surface area contributed by atoms with Crippen LogP contribution in [0.5, 0.6) is 0 Å². The van der Waals surface area contributed by atoms with Gasteiger partial charge in [-0.3, -0.25) is 4.79 Å². The van der Waals surface area contributed by atoms with Crippen molar-refractivity contribution in [3.63, 3.8) is 0 Å². The Morgan fingerprint density at radius 1 is 0.862 bits per heavy atom. The standard InChI is InChI=1S/C23H43N2O3P/c1-2-3-4-5-6-7-8-9-10-11-12-13-14-15-16-18-23(27)24-19-17-22-29(28)25-20-21-26/h6-7,9-10,26H,2-5,8,11-22H2,1H3,(H-,24,25,27,28)/p+1. The maximum atomic E-state index is 11.7. The largest absolute Gasteiger partial charge is 0.432 e. The monoisotopic (exact) mass is 427 g/mol. The van der Waals surface area contributed by atoms with Crippen molar-refractivity contribution in [1.82, 2.24) is 10.4 Å². The Labute approximate surface area is 179 Å². The van der Waals surface area contributed by atoms with Gasteiger partial charge in [0, 0.05) is 19.4 Å². The molecule has 6 heteroatoms. The summed E-state index contributed by atoms with van der Waals surface area (Å²) in [4.78, 5) is 11.7. The zero-order valence-corrected chi connectivity index (χ0v) is 19.4. The van der Waals surface area contributed by atoms with Gasteiger partial charge < -0.3 is 10.4 Å².